The first-order chi connectivity index (χ1) is 24.0. The van der Waals surface area contributed by atoms with Gasteiger partial charge in [0.1, 0.15) is 17.3 Å². The lowest BCUT2D eigenvalue weighted by molar-refractivity contribution is 0.0238. The molecule has 2 saturated heterocycles. The number of nitrogens with zero attached hydrogens (tertiary/aromatic N) is 4. The maximum atomic E-state index is 14.0. The number of fused-ring (bicyclic) bond motifs is 3. The smallest absolute Gasteiger partial charge is 0.251 e. The van der Waals surface area contributed by atoms with Gasteiger partial charge in [0, 0.05) is 60.6 Å². The highest BCUT2D eigenvalue weighted by atomic mass is 16.5. The van der Waals surface area contributed by atoms with E-state index < -0.39 is 5.41 Å². The van der Waals surface area contributed by atoms with E-state index >= 15 is 0 Å². The third-order valence-corrected chi connectivity index (χ3v) is 10.8. The quantitative estimate of drug-likeness (QED) is 0.183. The van der Waals surface area contributed by atoms with E-state index in [1.165, 1.54) is 0 Å². The van der Waals surface area contributed by atoms with Gasteiger partial charge in [-0.15, -0.1) is 0 Å². The number of ether oxygens (including phenoxy) is 2. The van der Waals surface area contributed by atoms with Crippen molar-refractivity contribution in [2.75, 3.05) is 33.4 Å². The lowest BCUT2D eigenvalue weighted by atomic mass is 9.83. The molecule has 3 aliphatic heterocycles. The molecule has 1 amide bonds. The molecule has 2 N–H and O–H groups in total. The van der Waals surface area contributed by atoms with Crippen molar-refractivity contribution in [3.8, 4) is 45.5 Å². The number of hydrogen-bond donors (Lipinski definition) is 2. The summed E-state index contributed by atoms with van der Waals surface area (Å²) in [5.41, 5.74) is 7.61. The van der Waals surface area contributed by atoms with Crippen molar-refractivity contribution in [1.29, 1.82) is 5.26 Å². The fraction of sp³-hybridized carbons (Fsp3) is 0.450. The summed E-state index contributed by atoms with van der Waals surface area (Å²) in [5.74, 6) is 2.05. The predicted octanol–water partition coefficient (Wildman–Crippen LogP) is 7.41. The van der Waals surface area contributed by atoms with Crippen LogP contribution in [0.15, 0.2) is 34.9 Å². The van der Waals surface area contributed by atoms with Crippen LogP contribution in [0.25, 0.3) is 44.4 Å². The van der Waals surface area contributed by atoms with Gasteiger partial charge in [-0.3, -0.25) is 4.79 Å². The number of likely N-dealkylation sites (tertiary alicyclic amines) is 1. The standard InChI is InChI=1S/C40H46N6O4/c1-22-31-19-33(35-23(2)45-50-24(35)3)34(48-7)20-32(31)36-37(22)42-25(4)43-38(36)26-16-27(18-28(17-26)40(5,6)21-41)39(47)44-29-8-12-46(13-9-29)30-10-14-49-15-11-30/h16-20,29-30H,8-15H2,1-7H3,(H,42,43)(H,44,47). The van der Waals surface area contributed by atoms with Crippen molar-refractivity contribution in [3.63, 3.8) is 0 Å². The second-order valence-corrected chi connectivity index (χ2v) is 14.5. The first-order valence-electron chi connectivity index (χ1n) is 17.6. The number of nitriles is 1. The molecule has 0 radical (unpaired) electrons. The van der Waals surface area contributed by atoms with E-state index in [1.807, 2.05) is 52.8 Å². The third-order valence-electron chi connectivity index (χ3n) is 10.8. The van der Waals surface area contributed by atoms with Gasteiger partial charge in [0.2, 0.25) is 0 Å². The molecule has 50 heavy (non-hydrogen) atoms. The number of methoxy groups -OCH3 is 1. The SMILES string of the molecule is COc1cc2c3c(-c4cc(C(=O)NC5CCN(C6CCOCC6)CC5)cc(C(C)(C)C#N)c4)nc(C)[nH]c-3c(C)c2cc1-c1c(C)noc1C. The molecule has 2 aromatic carbocycles. The van der Waals surface area contributed by atoms with Crippen molar-refractivity contribution in [2.45, 2.75) is 84.7 Å². The first-order valence-corrected chi connectivity index (χ1v) is 17.6. The predicted molar refractivity (Wildman–Crippen MR) is 194 cm³/mol. The zero-order valence-corrected chi connectivity index (χ0v) is 30.1. The van der Waals surface area contributed by atoms with Gasteiger partial charge in [0.05, 0.1) is 41.2 Å². The third kappa shape index (κ3) is 6.03. The molecule has 0 bridgehead atoms. The normalized spacial score (nSPS) is 16.6. The number of aryl methyl sites for hydroxylation is 4. The number of rotatable bonds is 7. The van der Waals surface area contributed by atoms with Crippen LogP contribution >= 0.6 is 0 Å². The number of hydrogen-bond acceptors (Lipinski definition) is 8. The molecule has 4 heterocycles. The number of piperidine rings is 1. The van der Waals surface area contributed by atoms with Crippen molar-refractivity contribution in [2.24, 2.45) is 0 Å². The van der Waals surface area contributed by atoms with Gasteiger partial charge in [-0.05, 0) is 119 Å². The van der Waals surface area contributed by atoms with Crippen LogP contribution in [-0.4, -0.2) is 71.4 Å². The Morgan fingerprint density at radius 2 is 1.76 bits per heavy atom. The molecule has 0 atom stereocenters. The van der Waals surface area contributed by atoms with Crippen molar-refractivity contribution < 1.29 is 18.8 Å². The number of benzene rings is 2. The van der Waals surface area contributed by atoms with Gasteiger partial charge < -0.3 is 29.2 Å². The molecule has 0 saturated carbocycles. The van der Waals surface area contributed by atoms with Crippen LogP contribution in [0.1, 0.15) is 78.3 Å². The van der Waals surface area contributed by atoms with E-state index in [4.69, 9.17) is 19.0 Å². The Labute approximate surface area is 293 Å². The molecule has 10 heteroatoms. The number of carbonyl (C=O) groups excluding carboxylic acids is 1. The van der Waals surface area contributed by atoms with E-state index in [0.717, 1.165) is 125 Å². The Bertz CT molecular complexity index is 2070. The molecule has 10 nitrogen and oxygen atoms in total. The van der Waals surface area contributed by atoms with Gasteiger partial charge in [-0.2, -0.15) is 5.26 Å². The highest BCUT2D eigenvalue weighted by Gasteiger charge is 2.30. The van der Waals surface area contributed by atoms with Gasteiger partial charge in [0.25, 0.3) is 5.91 Å². The molecule has 0 unspecified atom stereocenters. The Kier molecular flexibility index (Phi) is 8.91. The van der Waals surface area contributed by atoms with Crippen molar-refractivity contribution in [1.82, 2.24) is 25.3 Å². The fourth-order valence-corrected chi connectivity index (χ4v) is 7.88. The molecule has 3 aromatic rings. The number of H-pyrrole nitrogens is 1. The van der Waals surface area contributed by atoms with Crippen LogP contribution in [-0.2, 0) is 10.2 Å². The van der Waals surface area contributed by atoms with E-state index in [-0.39, 0.29) is 11.9 Å². The highest BCUT2D eigenvalue weighted by molar-refractivity contribution is 6.11. The Balaban J connectivity index is 1.30. The topological polar surface area (TPSA) is 129 Å². The zero-order valence-electron chi connectivity index (χ0n) is 30.1. The summed E-state index contributed by atoms with van der Waals surface area (Å²) in [6.07, 6.45) is 3.97. The summed E-state index contributed by atoms with van der Waals surface area (Å²) < 4.78 is 17.0. The van der Waals surface area contributed by atoms with Crippen LogP contribution in [0.4, 0.5) is 0 Å². The van der Waals surface area contributed by atoms with Gasteiger partial charge in [0.15, 0.2) is 0 Å². The van der Waals surface area contributed by atoms with Crippen LogP contribution in [0.2, 0.25) is 0 Å². The molecule has 1 aromatic heterocycles. The minimum absolute atomic E-state index is 0.0918. The van der Waals surface area contributed by atoms with Crippen LogP contribution in [0.3, 0.4) is 0 Å². The van der Waals surface area contributed by atoms with Gasteiger partial charge in [-0.1, -0.05) is 5.16 Å². The molecule has 1 aliphatic carbocycles. The van der Waals surface area contributed by atoms with Crippen LogP contribution < -0.4 is 10.1 Å². The molecule has 0 spiro atoms. The van der Waals surface area contributed by atoms with Gasteiger partial charge in [-0.25, -0.2) is 4.98 Å². The summed E-state index contributed by atoms with van der Waals surface area (Å²) in [7, 11) is 1.67. The average Bonchev–Trinajstić information content (AvgIpc) is 3.61. The number of nitrogens with one attached hydrogen (secondary N) is 2. The Morgan fingerprint density at radius 1 is 1.02 bits per heavy atom. The second-order valence-electron chi connectivity index (χ2n) is 14.5. The van der Waals surface area contributed by atoms with E-state index in [9.17, 15) is 10.1 Å². The molecule has 7 rings (SSSR count). The molecular formula is C40H46N6O4. The molecule has 260 valence electrons. The summed E-state index contributed by atoms with van der Waals surface area (Å²) in [4.78, 5) is 25.1. The lowest BCUT2D eigenvalue weighted by Crippen LogP contribution is -2.49. The van der Waals surface area contributed by atoms with E-state index in [1.54, 1.807) is 7.11 Å². The minimum atomic E-state index is -0.828. The summed E-state index contributed by atoms with van der Waals surface area (Å²) in [5, 5.41) is 19.7. The zero-order chi connectivity index (χ0) is 35.3. The van der Waals surface area contributed by atoms with Crippen molar-refractivity contribution >= 4 is 16.7 Å². The minimum Gasteiger partial charge on any atom is -0.496 e. The Hall–Kier alpha value is -4.72. The number of aromatic amines is 1. The fourth-order valence-electron chi connectivity index (χ4n) is 7.88. The Morgan fingerprint density at radius 3 is 2.42 bits per heavy atom. The lowest BCUT2D eigenvalue weighted by Gasteiger charge is -2.39. The highest BCUT2D eigenvalue weighted by Crippen LogP contribution is 2.47. The second kappa shape index (κ2) is 13.2. The number of carbonyl (C=O) groups is 1. The average molecular weight is 675 g/mol. The van der Waals surface area contributed by atoms with Gasteiger partial charge >= 0.3 is 0 Å². The van der Waals surface area contributed by atoms with E-state index in [0.29, 0.717) is 17.4 Å². The molecule has 2 fully saturated rings. The van der Waals surface area contributed by atoms with Crippen LogP contribution in [0, 0.1) is 39.0 Å². The summed E-state index contributed by atoms with van der Waals surface area (Å²) in [6.45, 7) is 15.3. The first kappa shape index (κ1) is 33.8. The summed E-state index contributed by atoms with van der Waals surface area (Å²) in [6, 6.07) is 13.1. The largest absolute Gasteiger partial charge is 0.496 e. The van der Waals surface area contributed by atoms with Crippen LogP contribution in [0.5, 0.6) is 5.75 Å². The maximum absolute atomic E-state index is 14.0. The number of aromatic nitrogens is 3. The maximum Gasteiger partial charge on any atom is 0.251 e. The van der Waals surface area contributed by atoms with Crippen molar-refractivity contribution in [3.05, 3.63) is 64.3 Å². The molecule has 4 aliphatic rings. The monoisotopic (exact) mass is 674 g/mol. The number of amides is 1. The van der Waals surface area contributed by atoms with E-state index in [2.05, 4.69) is 45.5 Å². The summed E-state index contributed by atoms with van der Waals surface area (Å²) >= 11 is 0. The molecular weight excluding hydrogens is 628 g/mol.